The molecule has 1 aromatic carbocycles. The van der Waals surface area contributed by atoms with Gasteiger partial charge >= 0.3 is 5.97 Å². The quantitative estimate of drug-likeness (QED) is 0.693. The summed E-state index contributed by atoms with van der Waals surface area (Å²) in [4.78, 5) is 29.6. The number of nitrogens with zero attached hydrogens (tertiary/aromatic N) is 4. The van der Waals surface area contributed by atoms with Crippen molar-refractivity contribution in [2.24, 2.45) is 0 Å². The summed E-state index contributed by atoms with van der Waals surface area (Å²) in [5, 5.41) is 14.6. The number of carboxylic acids is 1. The van der Waals surface area contributed by atoms with Crippen LogP contribution in [0.2, 0.25) is 0 Å². The lowest BCUT2D eigenvalue weighted by atomic mass is 10.1. The predicted octanol–water partition coefficient (Wildman–Crippen LogP) is 2.76. The van der Waals surface area contributed by atoms with Gasteiger partial charge in [-0.2, -0.15) is 5.10 Å². The van der Waals surface area contributed by atoms with Gasteiger partial charge in [0.1, 0.15) is 6.54 Å². The van der Waals surface area contributed by atoms with E-state index in [0.717, 1.165) is 39.9 Å². The van der Waals surface area contributed by atoms with Crippen LogP contribution in [0.4, 0.5) is 0 Å². The van der Waals surface area contributed by atoms with Gasteiger partial charge in [-0.1, -0.05) is 19.1 Å². The first-order valence-electron chi connectivity index (χ1n) is 9.15. The largest absolute Gasteiger partial charge is 0.480 e. The summed E-state index contributed by atoms with van der Waals surface area (Å²) in [7, 11) is 0. The molecule has 3 aromatic rings. The number of aromatic nitrogens is 3. The Morgan fingerprint density at radius 2 is 1.96 bits per heavy atom. The van der Waals surface area contributed by atoms with Crippen molar-refractivity contribution in [3.63, 3.8) is 0 Å². The van der Waals surface area contributed by atoms with Crippen molar-refractivity contribution in [1.29, 1.82) is 0 Å². The zero-order valence-corrected chi connectivity index (χ0v) is 15.9. The van der Waals surface area contributed by atoms with Gasteiger partial charge in [0.25, 0.3) is 0 Å². The molecule has 0 atom stereocenters. The number of aliphatic carboxylic acids is 1. The fourth-order valence-corrected chi connectivity index (χ4v) is 3.45. The molecule has 0 aliphatic heterocycles. The van der Waals surface area contributed by atoms with Crippen LogP contribution < -0.4 is 0 Å². The number of carbonyl (C=O) groups is 2. The number of rotatable bonds is 7. The second kappa shape index (κ2) is 7.73. The van der Waals surface area contributed by atoms with Gasteiger partial charge in [-0.05, 0) is 44.4 Å². The van der Waals surface area contributed by atoms with Gasteiger partial charge in [0.05, 0.1) is 5.52 Å². The highest BCUT2D eigenvalue weighted by molar-refractivity contribution is 5.92. The van der Waals surface area contributed by atoms with E-state index in [9.17, 15) is 9.59 Å². The topological polar surface area (TPSA) is 87.8 Å². The van der Waals surface area contributed by atoms with E-state index in [1.807, 2.05) is 49.6 Å². The SMILES string of the molecule is CCCN(CC(=O)O)C(=O)CCc1c(C)nc2c3ccccc3nn2c1C. The zero-order valence-electron chi connectivity index (χ0n) is 15.9. The molecule has 2 aromatic heterocycles. The summed E-state index contributed by atoms with van der Waals surface area (Å²) in [5.74, 6) is -1.14. The maximum Gasteiger partial charge on any atom is 0.323 e. The van der Waals surface area contributed by atoms with Crippen LogP contribution in [-0.4, -0.2) is 49.6 Å². The molecule has 0 aliphatic rings. The summed E-state index contributed by atoms with van der Waals surface area (Å²) in [6.45, 7) is 6.04. The molecule has 0 radical (unpaired) electrons. The van der Waals surface area contributed by atoms with Gasteiger partial charge in [0.2, 0.25) is 5.91 Å². The molecule has 0 fully saturated rings. The lowest BCUT2D eigenvalue weighted by Gasteiger charge is -2.20. The van der Waals surface area contributed by atoms with Gasteiger partial charge in [0.15, 0.2) is 5.65 Å². The molecule has 1 N–H and O–H groups in total. The molecule has 27 heavy (non-hydrogen) atoms. The Kier molecular flexibility index (Phi) is 5.39. The molecule has 2 heterocycles. The van der Waals surface area contributed by atoms with Gasteiger partial charge in [-0.15, -0.1) is 0 Å². The van der Waals surface area contributed by atoms with E-state index in [1.54, 1.807) is 0 Å². The lowest BCUT2D eigenvalue weighted by molar-refractivity contribution is -0.144. The monoisotopic (exact) mass is 368 g/mol. The minimum Gasteiger partial charge on any atom is -0.480 e. The van der Waals surface area contributed by atoms with E-state index in [4.69, 9.17) is 10.1 Å². The third kappa shape index (κ3) is 3.77. The fourth-order valence-electron chi connectivity index (χ4n) is 3.45. The molecule has 0 bridgehead atoms. The molecule has 0 spiro atoms. The Balaban J connectivity index is 1.87. The smallest absolute Gasteiger partial charge is 0.323 e. The Bertz CT molecular complexity index is 1010. The first kappa shape index (κ1) is 18.8. The van der Waals surface area contributed by atoms with Gasteiger partial charge in [-0.25, -0.2) is 9.50 Å². The first-order valence-corrected chi connectivity index (χ1v) is 9.15. The molecular formula is C20H24N4O3. The third-order valence-electron chi connectivity index (χ3n) is 4.78. The summed E-state index contributed by atoms with van der Waals surface area (Å²) >= 11 is 0. The van der Waals surface area contributed by atoms with Crippen LogP contribution in [0.25, 0.3) is 16.6 Å². The maximum atomic E-state index is 12.5. The predicted molar refractivity (Wildman–Crippen MR) is 103 cm³/mol. The standard InChI is InChI=1S/C20H24N4O3/c1-4-11-23(12-19(26)27)18(25)10-9-15-13(2)21-20-16-7-5-6-8-17(16)22-24(20)14(15)3/h5-8H,4,9-12H2,1-3H3,(H,26,27). The molecule has 7 nitrogen and oxygen atoms in total. The van der Waals surface area contributed by atoms with Crippen molar-refractivity contribution in [2.45, 2.75) is 40.0 Å². The average molecular weight is 368 g/mol. The van der Waals surface area contributed by atoms with Crippen molar-refractivity contribution in [2.75, 3.05) is 13.1 Å². The van der Waals surface area contributed by atoms with E-state index in [2.05, 4.69) is 5.10 Å². The first-order chi connectivity index (χ1) is 12.9. The van der Waals surface area contributed by atoms with E-state index in [0.29, 0.717) is 13.0 Å². The number of fused-ring (bicyclic) bond motifs is 3. The molecule has 142 valence electrons. The van der Waals surface area contributed by atoms with Gasteiger partial charge < -0.3 is 10.0 Å². The summed E-state index contributed by atoms with van der Waals surface area (Å²) in [6, 6.07) is 7.87. The summed E-state index contributed by atoms with van der Waals surface area (Å²) in [5.41, 5.74) is 4.52. The Morgan fingerprint density at radius 3 is 2.67 bits per heavy atom. The Morgan fingerprint density at radius 1 is 1.22 bits per heavy atom. The number of carbonyl (C=O) groups excluding carboxylic acids is 1. The van der Waals surface area contributed by atoms with Crippen molar-refractivity contribution in [3.8, 4) is 0 Å². The van der Waals surface area contributed by atoms with Crippen LogP contribution in [0.15, 0.2) is 24.3 Å². The molecule has 0 saturated carbocycles. The van der Waals surface area contributed by atoms with E-state index >= 15 is 0 Å². The van der Waals surface area contributed by atoms with E-state index < -0.39 is 5.97 Å². The van der Waals surface area contributed by atoms with Gasteiger partial charge in [0, 0.05) is 29.7 Å². The maximum absolute atomic E-state index is 12.5. The molecule has 0 aliphatic carbocycles. The molecule has 7 heteroatoms. The molecule has 0 saturated heterocycles. The van der Waals surface area contributed by atoms with Crippen molar-refractivity contribution < 1.29 is 14.7 Å². The van der Waals surface area contributed by atoms with Gasteiger partial charge in [-0.3, -0.25) is 9.59 Å². The molecule has 0 unspecified atom stereocenters. The molecular weight excluding hydrogens is 344 g/mol. The third-order valence-corrected chi connectivity index (χ3v) is 4.78. The van der Waals surface area contributed by atoms with E-state index in [-0.39, 0.29) is 18.9 Å². The minimum absolute atomic E-state index is 0.149. The van der Waals surface area contributed by atoms with E-state index in [1.165, 1.54) is 4.90 Å². The average Bonchev–Trinajstić information content (AvgIpc) is 2.99. The summed E-state index contributed by atoms with van der Waals surface area (Å²) in [6.07, 6.45) is 1.49. The second-order valence-electron chi connectivity index (χ2n) is 6.72. The van der Waals surface area contributed by atoms with Crippen LogP contribution in [-0.2, 0) is 16.0 Å². The van der Waals surface area contributed by atoms with Crippen LogP contribution in [0, 0.1) is 13.8 Å². The number of carboxylic acid groups (broad SMARTS) is 1. The van der Waals surface area contributed by atoms with Crippen LogP contribution in [0.3, 0.4) is 0 Å². The number of benzene rings is 1. The fraction of sp³-hybridized carbons (Fsp3) is 0.400. The van der Waals surface area contributed by atoms with Crippen molar-refractivity contribution in [1.82, 2.24) is 19.5 Å². The zero-order chi connectivity index (χ0) is 19.6. The second-order valence-corrected chi connectivity index (χ2v) is 6.72. The Hall–Kier alpha value is -2.96. The summed E-state index contributed by atoms with van der Waals surface area (Å²) < 4.78 is 1.83. The molecule has 3 rings (SSSR count). The van der Waals surface area contributed by atoms with Crippen molar-refractivity contribution >= 4 is 28.4 Å². The van der Waals surface area contributed by atoms with Crippen LogP contribution >= 0.6 is 0 Å². The minimum atomic E-state index is -0.990. The Labute approximate surface area is 157 Å². The van der Waals surface area contributed by atoms with Crippen LogP contribution in [0.1, 0.15) is 36.7 Å². The molecule has 1 amide bonds. The number of hydrogen-bond donors (Lipinski definition) is 1. The lowest BCUT2D eigenvalue weighted by Crippen LogP contribution is -2.36. The number of amides is 1. The number of hydrogen-bond acceptors (Lipinski definition) is 4. The number of aryl methyl sites for hydroxylation is 2. The van der Waals surface area contributed by atoms with Crippen molar-refractivity contribution in [3.05, 3.63) is 41.2 Å². The van der Waals surface area contributed by atoms with Crippen LogP contribution in [0.5, 0.6) is 0 Å². The highest BCUT2D eigenvalue weighted by atomic mass is 16.4. The normalized spacial score (nSPS) is 11.2. The highest BCUT2D eigenvalue weighted by Crippen LogP contribution is 2.23. The highest BCUT2D eigenvalue weighted by Gasteiger charge is 2.18.